The molecule has 1 unspecified atom stereocenters. The van der Waals surface area contributed by atoms with Gasteiger partial charge in [0, 0.05) is 25.6 Å². The van der Waals surface area contributed by atoms with E-state index in [-0.39, 0.29) is 11.8 Å². The predicted octanol–water partition coefficient (Wildman–Crippen LogP) is 1.38. The van der Waals surface area contributed by atoms with Crippen LogP contribution in [0.15, 0.2) is 17.1 Å². The number of hydrogen-bond donors (Lipinski definition) is 3. The van der Waals surface area contributed by atoms with Crippen LogP contribution in [-0.2, 0) is 4.74 Å². The predicted molar refractivity (Wildman–Crippen MR) is 93.2 cm³/mol. The van der Waals surface area contributed by atoms with Gasteiger partial charge in [0.15, 0.2) is 0 Å². The molecule has 0 spiro atoms. The van der Waals surface area contributed by atoms with Gasteiger partial charge in [-0.25, -0.2) is 4.52 Å². The number of fused-ring (bicyclic) bond motifs is 1. The molecule has 3 rings (SSSR count). The van der Waals surface area contributed by atoms with Crippen LogP contribution in [0.3, 0.4) is 0 Å². The Labute approximate surface area is 141 Å². The zero-order chi connectivity index (χ0) is 17.1. The first-order valence-corrected chi connectivity index (χ1v) is 8.68. The number of hydrogen-bond acceptors (Lipinski definition) is 5. The Bertz CT molecular complexity index is 730. The molecule has 1 aliphatic heterocycles. The van der Waals surface area contributed by atoms with Gasteiger partial charge in [-0.15, -0.1) is 0 Å². The van der Waals surface area contributed by atoms with Gasteiger partial charge in [-0.3, -0.25) is 10.1 Å². The number of aromatic amines is 1. The van der Waals surface area contributed by atoms with E-state index in [0.717, 1.165) is 49.4 Å². The third kappa shape index (κ3) is 3.53. The van der Waals surface area contributed by atoms with Gasteiger partial charge in [0.25, 0.3) is 5.56 Å². The Morgan fingerprint density at radius 1 is 1.42 bits per heavy atom. The van der Waals surface area contributed by atoms with Gasteiger partial charge < -0.3 is 15.0 Å². The van der Waals surface area contributed by atoms with Crippen molar-refractivity contribution in [3.63, 3.8) is 0 Å². The van der Waals surface area contributed by atoms with Crippen LogP contribution >= 0.6 is 0 Å². The van der Waals surface area contributed by atoms with Crippen molar-refractivity contribution in [2.24, 2.45) is 5.92 Å². The number of nitrogens with zero attached hydrogens (tertiary/aromatic N) is 2. The Morgan fingerprint density at radius 2 is 2.17 bits per heavy atom. The van der Waals surface area contributed by atoms with Crippen molar-refractivity contribution in [3.8, 4) is 0 Å². The molecule has 132 valence electrons. The molecule has 7 nitrogen and oxygen atoms in total. The molecule has 24 heavy (non-hydrogen) atoms. The van der Waals surface area contributed by atoms with E-state index in [1.54, 1.807) is 19.4 Å². The molecule has 0 bridgehead atoms. The van der Waals surface area contributed by atoms with E-state index < -0.39 is 0 Å². The quantitative estimate of drug-likeness (QED) is 0.696. The molecule has 2 aromatic heterocycles. The molecule has 1 atom stereocenters. The fourth-order valence-electron chi connectivity index (χ4n) is 3.29. The van der Waals surface area contributed by atoms with Crippen molar-refractivity contribution >= 4 is 5.65 Å². The second-order valence-corrected chi connectivity index (χ2v) is 6.86. The van der Waals surface area contributed by atoms with Crippen molar-refractivity contribution in [2.45, 2.75) is 38.8 Å². The molecular formula is C17H27N5O2. The first-order valence-electron chi connectivity index (χ1n) is 8.68. The van der Waals surface area contributed by atoms with Crippen molar-refractivity contribution in [1.29, 1.82) is 0 Å². The molecule has 3 heterocycles. The summed E-state index contributed by atoms with van der Waals surface area (Å²) in [6.45, 7) is 7.07. The Morgan fingerprint density at radius 3 is 2.83 bits per heavy atom. The molecule has 3 N–H and O–H groups in total. The number of H-pyrrole nitrogens is 1. The molecule has 1 fully saturated rings. The molecular weight excluding hydrogens is 306 g/mol. The zero-order valence-corrected chi connectivity index (χ0v) is 14.6. The molecule has 0 amide bonds. The normalized spacial score (nSPS) is 17.7. The van der Waals surface area contributed by atoms with Crippen LogP contribution in [0.25, 0.3) is 5.65 Å². The number of ether oxygens (including phenoxy) is 1. The maximum absolute atomic E-state index is 12.2. The summed E-state index contributed by atoms with van der Waals surface area (Å²) in [5, 5.41) is 11.3. The van der Waals surface area contributed by atoms with Crippen molar-refractivity contribution in [3.05, 3.63) is 33.9 Å². The smallest absolute Gasteiger partial charge is 0.251 e. The number of rotatable bonds is 6. The van der Waals surface area contributed by atoms with Crippen LogP contribution in [0.2, 0.25) is 0 Å². The summed E-state index contributed by atoms with van der Waals surface area (Å²) in [5.41, 5.74) is 2.49. The van der Waals surface area contributed by atoms with Crippen LogP contribution in [0.5, 0.6) is 0 Å². The van der Waals surface area contributed by atoms with Gasteiger partial charge >= 0.3 is 0 Å². The third-order valence-electron chi connectivity index (χ3n) is 4.55. The molecule has 0 saturated carbocycles. The number of nitrogens with one attached hydrogen (secondary N) is 3. The maximum Gasteiger partial charge on any atom is 0.251 e. The summed E-state index contributed by atoms with van der Waals surface area (Å²) in [6.07, 6.45) is 3.54. The highest BCUT2D eigenvalue weighted by molar-refractivity contribution is 5.48. The van der Waals surface area contributed by atoms with Gasteiger partial charge in [0.05, 0.1) is 17.5 Å². The summed E-state index contributed by atoms with van der Waals surface area (Å²) in [7, 11) is 1.66. The molecule has 2 aromatic rings. The second kappa shape index (κ2) is 7.46. The lowest BCUT2D eigenvalue weighted by Gasteiger charge is -2.23. The lowest BCUT2D eigenvalue weighted by atomic mass is 9.94. The standard InChI is InChI=1S/C17H27N5O2/c1-11(2)9-19-17(24-3)13-10-20-22-14(8-15(23)21-16(13)22)12-4-6-18-7-5-12/h8,10-12,17-19H,4-7,9H2,1-3H3,(H,21,23). The minimum Gasteiger partial charge on any atom is -0.362 e. The third-order valence-corrected chi connectivity index (χ3v) is 4.55. The number of aromatic nitrogens is 3. The topological polar surface area (TPSA) is 83.4 Å². The molecule has 0 radical (unpaired) electrons. The fraction of sp³-hybridized carbons (Fsp3) is 0.647. The summed E-state index contributed by atoms with van der Waals surface area (Å²) in [5.74, 6) is 0.863. The van der Waals surface area contributed by atoms with Crippen LogP contribution in [0.4, 0.5) is 0 Å². The van der Waals surface area contributed by atoms with Crippen molar-refractivity contribution in [2.75, 3.05) is 26.7 Å². The highest BCUT2D eigenvalue weighted by Crippen LogP contribution is 2.26. The van der Waals surface area contributed by atoms with Crippen LogP contribution in [0.1, 0.15) is 50.1 Å². The van der Waals surface area contributed by atoms with E-state index in [4.69, 9.17) is 4.74 Å². The van der Waals surface area contributed by atoms with E-state index in [9.17, 15) is 4.79 Å². The van der Waals surface area contributed by atoms with Crippen molar-refractivity contribution < 1.29 is 4.74 Å². The van der Waals surface area contributed by atoms with E-state index >= 15 is 0 Å². The van der Waals surface area contributed by atoms with Gasteiger partial charge in [-0.1, -0.05) is 13.8 Å². The Balaban J connectivity index is 1.98. The number of piperidine rings is 1. The minimum atomic E-state index is -0.288. The Kier molecular flexibility index (Phi) is 5.33. The van der Waals surface area contributed by atoms with Gasteiger partial charge in [-0.2, -0.15) is 5.10 Å². The lowest BCUT2D eigenvalue weighted by molar-refractivity contribution is 0.0720. The average Bonchev–Trinajstić information content (AvgIpc) is 2.99. The highest BCUT2D eigenvalue weighted by atomic mass is 16.5. The maximum atomic E-state index is 12.2. The van der Waals surface area contributed by atoms with Crippen molar-refractivity contribution in [1.82, 2.24) is 25.2 Å². The monoisotopic (exact) mass is 333 g/mol. The molecule has 1 saturated heterocycles. The van der Waals surface area contributed by atoms with E-state index in [1.807, 2.05) is 4.52 Å². The average molecular weight is 333 g/mol. The first kappa shape index (κ1) is 17.1. The second-order valence-electron chi connectivity index (χ2n) is 6.86. The largest absolute Gasteiger partial charge is 0.362 e. The minimum absolute atomic E-state index is 0.0866. The lowest BCUT2D eigenvalue weighted by Crippen LogP contribution is -2.29. The van der Waals surface area contributed by atoms with E-state index in [1.165, 1.54) is 0 Å². The van der Waals surface area contributed by atoms with E-state index in [2.05, 4.69) is 34.6 Å². The summed E-state index contributed by atoms with van der Waals surface area (Å²) >= 11 is 0. The van der Waals surface area contributed by atoms with Gasteiger partial charge in [-0.05, 0) is 31.8 Å². The summed E-state index contributed by atoms with van der Waals surface area (Å²) in [6, 6.07) is 1.68. The molecule has 0 aromatic carbocycles. The summed E-state index contributed by atoms with van der Waals surface area (Å²) in [4.78, 5) is 15.1. The molecule has 7 heteroatoms. The SMILES string of the molecule is COC(NCC(C)C)c1cnn2c(C3CCNCC3)cc(=O)[nH]c12. The molecule has 1 aliphatic rings. The highest BCUT2D eigenvalue weighted by Gasteiger charge is 2.23. The molecule has 0 aliphatic carbocycles. The van der Waals surface area contributed by atoms with Crippen LogP contribution in [0, 0.1) is 5.92 Å². The van der Waals surface area contributed by atoms with E-state index in [0.29, 0.717) is 11.8 Å². The Hall–Kier alpha value is -1.70. The fourth-order valence-corrected chi connectivity index (χ4v) is 3.29. The van der Waals surface area contributed by atoms with Crippen LogP contribution in [-0.4, -0.2) is 41.3 Å². The van der Waals surface area contributed by atoms with Gasteiger partial charge in [0.2, 0.25) is 0 Å². The summed E-state index contributed by atoms with van der Waals surface area (Å²) < 4.78 is 7.45. The zero-order valence-electron chi connectivity index (χ0n) is 14.6. The van der Waals surface area contributed by atoms with Crippen LogP contribution < -0.4 is 16.2 Å². The first-order chi connectivity index (χ1) is 11.6. The number of methoxy groups -OCH3 is 1. The van der Waals surface area contributed by atoms with Gasteiger partial charge in [0.1, 0.15) is 11.9 Å².